The number of halogens is 2. The van der Waals surface area contributed by atoms with Crippen molar-refractivity contribution in [1.82, 2.24) is 5.32 Å². The second kappa shape index (κ2) is 9.02. The summed E-state index contributed by atoms with van der Waals surface area (Å²) in [6, 6.07) is 11.2. The highest BCUT2D eigenvalue weighted by Gasteiger charge is 2.40. The van der Waals surface area contributed by atoms with Gasteiger partial charge in [-0.15, -0.1) is 0 Å². The van der Waals surface area contributed by atoms with Crippen LogP contribution in [0.1, 0.15) is 50.0 Å². The Morgan fingerprint density at radius 3 is 2.67 bits per heavy atom. The first-order valence-corrected chi connectivity index (χ1v) is 9.87. The molecule has 1 aliphatic rings. The average molecular weight is 436 g/mol. The van der Waals surface area contributed by atoms with Crippen LogP contribution in [0.25, 0.3) is 0 Å². The van der Waals surface area contributed by atoms with E-state index < -0.39 is 36.1 Å². The van der Waals surface area contributed by atoms with Gasteiger partial charge < -0.3 is 19.9 Å². The minimum atomic E-state index is -1.17. The highest BCUT2D eigenvalue weighted by atomic mass is 35.5. The molecule has 6 nitrogen and oxygen atoms in total. The van der Waals surface area contributed by atoms with E-state index in [1.54, 1.807) is 12.1 Å². The molecule has 30 heavy (non-hydrogen) atoms. The summed E-state index contributed by atoms with van der Waals surface area (Å²) >= 11 is 6.14. The second-order valence-electron chi connectivity index (χ2n) is 7.68. The summed E-state index contributed by atoms with van der Waals surface area (Å²) in [5.41, 5.74) is 0.750. The van der Waals surface area contributed by atoms with Gasteiger partial charge >= 0.3 is 5.97 Å². The summed E-state index contributed by atoms with van der Waals surface area (Å²) in [4.78, 5) is 22.8. The molecule has 2 aromatic rings. The quantitative estimate of drug-likeness (QED) is 0.701. The lowest BCUT2D eigenvalue weighted by atomic mass is 9.81. The van der Waals surface area contributed by atoms with Crippen LogP contribution in [-0.4, -0.2) is 29.1 Å². The van der Waals surface area contributed by atoms with E-state index in [9.17, 15) is 14.0 Å². The topological polar surface area (TPSA) is 84.9 Å². The number of carbonyl (C=O) groups is 2. The maximum Gasteiger partial charge on any atom is 0.341 e. The third-order valence-electron chi connectivity index (χ3n) is 4.97. The van der Waals surface area contributed by atoms with Gasteiger partial charge in [0.25, 0.3) is 0 Å². The van der Waals surface area contributed by atoms with Gasteiger partial charge in [0.1, 0.15) is 11.6 Å². The zero-order valence-corrected chi connectivity index (χ0v) is 17.4. The zero-order valence-electron chi connectivity index (χ0n) is 16.7. The molecule has 0 bridgehead atoms. The summed E-state index contributed by atoms with van der Waals surface area (Å²) in [6.45, 7) is 2.76. The Kier molecular flexibility index (Phi) is 6.63. The standard InChI is InChI=1S/C22H23ClFNO5/c1-13(26)25-22(2)10-19(14-4-3-5-15(23)8-14)30-20(11-22)17-7-6-16(24)9-18(17)29-12-21(27)28/h3-9,19-20H,10-12H2,1-2H3,(H,25,26)(H,27,28)/t19-,20+,22-/m0/s1. The fourth-order valence-electron chi connectivity index (χ4n) is 3.85. The van der Waals surface area contributed by atoms with E-state index in [1.807, 2.05) is 19.1 Å². The molecule has 1 fully saturated rings. The number of ether oxygens (including phenoxy) is 2. The van der Waals surface area contributed by atoms with Crippen LogP contribution in [0.2, 0.25) is 5.02 Å². The van der Waals surface area contributed by atoms with Gasteiger partial charge in [0.05, 0.1) is 12.2 Å². The maximum atomic E-state index is 13.8. The normalized spacial score (nSPS) is 23.6. The third-order valence-corrected chi connectivity index (χ3v) is 5.21. The summed E-state index contributed by atoms with van der Waals surface area (Å²) in [5.74, 6) is -1.80. The van der Waals surface area contributed by atoms with Crippen LogP contribution < -0.4 is 10.1 Å². The zero-order chi connectivity index (χ0) is 21.9. The maximum absolute atomic E-state index is 13.8. The molecule has 1 heterocycles. The van der Waals surface area contributed by atoms with Crippen LogP contribution in [0.5, 0.6) is 5.75 Å². The van der Waals surface area contributed by atoms with Gasteiger partial charge in [0.2, 0.25) is 5.91 Å². The Bertz CT molecular complexity index is 953. The number of carboxylic acid groups (broad SMARTS) is 1. The molecule has 2 aromatic carbocycles. The Morgan fingerprint density at radius 2 is 2.00 bits per heavy atom. The smallest absolute Gasteiger partial charge is 0.341 e. The van der Waals surface area contributed by atoms with Crippen molar-refractivity contribution in [2.24, 2.45) is 0 Å². The van der Waals surface area contributed by atoms with Crippen molar-refractivity contribution < 1.29 is 28.6 Å². The molecule has 0 aromatic heterocycles. The Morgan fingerprint density at radius 1 is 1.27 bits per heavy atom. The number of nitrogens with one attached hydrogen (secondary N) is 1. The number of rotatable bonds is 6. The van der Waals surface area contributed by atoms with Gasteiger partial charge in [-0.3, -0.25) is 4.79 Å². The largest absolute Gasteiger partial charge is 0.481 e. The molecule has 0 unspecified atom stereocenters. The average Bonchev–Trinajstić information content (AvgIpc) is 2.65. The van der Waals surface area contributed by atoms with Gasteiger partial charge in [0, 0.05) is 42.0 Å². The molecule has 0 radical (unpaired) electrons. The molecule has 3 rings (SSSR count). The number of benzene rings is 2. The van der Waals surface area contributed by atoms with E-state index in [0.717, 1.165) is 11.6 Å². The van der Waals surface area contributed by atoms with E-state index >= 15 is 0 Å². The fraction of sp³-hybridized carbons (Fsp3) is 0.364. The van der Waals surface area contributed by atoms with Crippen LogP contribution in [0.4, 0.5) is 4.39 Å². The van der Waals surface area contributed by atoms with E-state index in [1.165, 1.54) is 19.1 Å². The first kappa shape index (κ1) is 22.1. The SMILES string of the molecule is CC(=O)N[C@@]1(C)C[C@@H](c2cccc(Cl)c2)O[C@@H](c2ccc(F)cc2OCC(=O)O)C1. The molecule has 160 valence electrons. The number of aliphatic carboxylic acids is 1. The van der Waals surface area contributed by atoms with Crippen molar-refractivity contribution in [3.05, 3.63) is 64.4 Å². The molecule has 0 spiro atoms. The molecule has 1 saturated heterocycles. The predicted molar refractivity (Wildman–Crippen MR) is 109 cm³/mol. The molecule has 2 N–H and O–H groups in total. The molecule has 1 aliphatic heterocycles. The Hall–Kier alpha value is -2.64. The van der Waals surface area contributed by atoms with Crippen LogP contribution in [0.15, 0.2) is 42.5 Å². The summed E-state index contributed by atoms with van der Waals surface area (Å²) in [7, 11) is 0. The van der Waals surface area contributed by atoms with Crippen molar-refractivity contribution in [3.8, 4) is 5.75 Å². The van der Waals surface area contributed by atoms with Crippen molar-refractivity contribution in [2.75, 3.05) is 6.61 Å². The molecule has 3 atom stereocenters. The van der Waals surface area contributed by atoms with Crippen molar-refractivity contribution >= 4 is 23.5 Å². The van der Waals surface area contributed by atoms with Gasteiger partial charge in [0.15, 0.2) is 6.61 Å². The van der Waals surface area contributed by atoms with Crippen LogP contribution in [-0.2, 0) is 14.3 Å². The number of hydrogen-bond acceptors (Lipinski definition) is 4. The Labute approximate surface area is 178 Å². The van der Waals surface area contributed by atoms with Crippen LogP contribution in [0.3, 0.4) is 0 Å². The molecule has 8 heteroatoms. The lowest BCUT2D eigenvalue weighted by Crippen LogP contribution is -2.50. The van der Waals surface area contributed by atoms with Crippen molar-refractivity contribution in [1.29, 1.82) is 0 Å². The summed E-state index contributed by atoms with van der Waals surface area (Å²) in [5, 5.41) is 12.5. The lowest BCUT2D eigenvalue weighted by molar-refractivity contribution is -0.139. The lowest BCUT2D eigenvalue weighted by Gasteiger charge is -2.43. The van der Waals surface area contributed by atoms with E-state index in [0.29, 0.717) is 23.4 Å². The Balaban J connectivity index is 1.98. The number of carbonyl (C=O) groups excluding carboxylic acids is 1. The number of carboxylic acids is 1. The number of hydrogen-bond donors (Lipinski definition) is 2. The molecule has 0 aliphatic carbocycles. The van der Waals surface area contributed by atoms with Gasteiger partial charge in [-0.05, 0) is 36.8 Å². The molecular formula is C22H23ClFNO5. The first-order valence-electron chi connectivity index (χ1n) is 9.49. The minimum Gasteiger partial charge on any atom is -0.481 e. The highest BCUT2D eigenvalue weighted by molar-refractivity contribution is 6.30. The van der Waals surface area contributed by atoms with Crippen molar-refractivity contribution in [3.63, 3.8) is 0 Å². The second-order valence-corrected chi connectivity index (χ2v) is 8.12. The van der Waals surface area contributed by atoms with Gasteiger partial charge in [-0.25, -0.2) is 9.18 Å². The summed E-state index contributed by atoms with van der Waals surface area (Å²) < 4.78 is 25.4. The highest BCUT2D eigenvalue weighted by Crippen LogP contribution is 2.46. The molecule has 0 saturated carbocycles. The molecule has 1 amide bonds. The van der Waals surface area contributed by atoms with Gasteiger partial charge in [-0.1, -0.05) is 23.7 Å². The van der Waals surface area contributed by atoms with Gasteiger partial charge in [-0.2, -0.15) is 0 Å². The summed E-state index contributed by atoms with van der Waals surface area (Å²) in [6.07, 6.45) is -0.0464. The van der Waals surface area contributed by atoms with E-state index in [4.69, 9.17) is 26.2 Å². The van der Waals surface area contributed by atoms with E-state index in [2.05, 4.69) is 5.32 Å². The molecular weight excluding hydrogens is 413 g/mol. The fourth-order valence-corrected chi connectivity index (χ4v) is 4.05. The van der Waals surface area contributed by atoms with Crippen LogP contribution in [0, 0.1) is 5.82 Å². The van der Waals surface area contributed by atoms with Crippen molar-refractivity contribution in [2.45, 2.75) is 44.4 Å². The minimum absolute atomic E-state index is 0.0966. The number of amides is 1. The van der Waals surface area contributed by atoms with E-state index in [-0.39, 0.29) is 11.7 Å². The monoisotopic (exact) mass is 435 g/mol. The first-order chi connectivity index (χ1) is 14.1. The van der Waals surface area contributed by atoms with Crippen LogP contribution >= 0.6 is 11.6 Å². The third kappa shape index (κ3) is 5.49. The predicted octanol–water partition coefficient (Wildman–Crippen LogP) is 4.43.